The minimum Gasteiger partial charge on any atom is -0.368 e. The number of carbonyl (C=O) groups excluding carboxylic acids is 1. The van der Waals surface area contributed by atoms with Crippen LogP contribution in [0, 0.1) is 6.92 Å². The number of aryl methyl sites for hydroxylation is 1. The largest absolute Gasteiger partial charge is 0.368 e. The molecular formula is C18H21N3O. The lowest BCUT2D eigenvalue weighted by atomic mass is 10.2. The Morgan fingerprint density at radius 1 is 0.909 bits per heavy atom. The average molecular weight is 295 g/mol. The summed E-state index contributed by atoms with van der Waals surface area (Å²) in [5.74, 6) is 0. The molecular weight excluding hydrogens is 274 g/mol. The third-order valence-electron chi connectivity index (χ3n) is 3.99. The maximum absolute atomic E-state index is 12.3. The number of hydrogen-bond donors (Lipinski definition) is 1. The van der Waals surface area contributed by atoms with Crippen molar-refractivity contribution in [1.82, 2.24) is 4.90 Å². The molecule has 1 N–H and O–H groups in total. The highest BCUT2D eigenvalue weighted by molar-refractivity contribution is 5.89. The average Bonchev–Trinajstić information content (AvgIpc) is 2.58. The molecule has 2 aromatic carbocycles. The number of carbonyl (C=O) groups is 1. The number of nitrogens with zero attached hydrogens (tertiary/aromatic N) is 2. The zero-order valence-electron chi connectivity index (χ0n) is 12.8. The molecule has 1 fully saturated rings. The number of anilines is 2. The fraction of sp³-hybridized carbons (Fsp3) is 0.278. The van der Waals surface area contributed by atoms with Gasteiger partial charge in [0.05, 0.1) is 0 Å². The fourth-order valence-electron chi connectivity index (χ4n) is 2.65. The first-order valence-electron chi connectivity index (χ1n) is 7.65. The van der Waals surface area contributed by atoms with Gasteiger partial charge in [0.2, 0.25) is 0 Å². The Bertz CT molecular complexity index is 617. The molecule has 0 unspecified atom stereocenters. The van der Waals surface area contributed by atoms with Crippen molar-refractivity contribution in [3.63, 3.8) is 0 Å². The van der Waals surface area contributed by atoms with Crippen LogP contribution in [0.5, 0.6) is 0 Å². The van der Waals surface area contributed by atoms with Crippen molar-refractivity contribution >= 4 is 17.4 Å². The Morgan fingerprint density at radius 2 is 1.55 bits per heavy atom. The second kappa shape index (κ2) is 6.52. The van der Waals surface area contributed by atoms with Crippen molar-refractivity contribution in [3.05, 3.63) is 60.2 Å². The van der Waals surface area contributed by atoms with Gasteiger partial charge in [-0.3, -0.25) is 0 Å². The number of benzene rings is 2. The Labute approximate surface area is 131 Å². The molecule has 0 saturated carbocycles. The van der Waals surface area contributed by atoms with Gasteiger partial charge in [0.25, 0.3) is 0 Å². The molecule has 4 nitrogen and oxygen atoms in total. The van der Waals surface area contributed by atoms with Gasteiger partial charge in [-0.1, -0.05) is 35.9 Å². The van der Waals surface area contributed by atoms with Gasteiger partial charge in [0.15, 0.2) is 0 Å². The van der Waals surface area contributed by atoms with E-state index in [0.29, 0.717) is 0 Å². The molecule has 0 atom stereocenters. The van der Waals surface area contributed by atoms with E-state index < -0.39 is 0 Å². The van der Waals surface area contributed by atoms with Crippen LogP contribution in [0.4, 0.5) is 16.2 Å². The summed E-state index contributed by atoms with van der Waals surface area (Å²) in [4.78, 5) is 16.5. The highest BCUT2D eigenvalue weighted by atomic mass is 16.2. The second-order valence-electron chi connectivity index (χ2n) is 5.61. The predicted octanol–water partition coefficient (Wildman–Crippen LogP) is 3.35. The third-order valence-corrected chi connectivity index (χ3v) is 3.99. The van der Waals surface area contributed by atoms with Crippen LogP contribution in [-0.4, -0.2) is 37.1 Å². The Kier molecular flexibility index (Phi) is 4.28. The first-order chi connectivity index (χ1) is 10.7. The van der Waals surface area contributed by atoms with Crippen molar-refractivity contribution in [3.8, 4) is 0 Å². The first-order valence-corrected chi connectivity index (χ1v) is 7.65. The van der Waals surface area contributed by atoms with E-state index in [4.69, 9.17) is 0 Å². The van der Waals surface area contributed by atoms with E-state index in [-0.39, 0.29) is 6.03 Å². The van der Waals surface area contributed by atoms with Crippen molar-refractivity contribution in [1.29, 1.82) is 0 Å². The summed E-state index contributed by atoms with van der Waals surface area (Å²) < 4.78 is 0. The molecule has 0 aromatic heterocycles. The van der Waals surface area contributed by atoms with E-state index >= 15 is 0 Å². The molecule has 2 aromatic rings. The molecule has 2 amide bonds. The number of para-hydroxylation sites is 1. The lowest BCUT2D eigenvalue weighted by molar-refractivity contribution is 0.208. The lowest BCUT2D eigenvalue weighted by Crippen LogP contribution is -2.50. The molecule has 3 rings (SSSR count). The van der Waals surface area contributed by atoms with Crippen LogP contribution in [0.15, 0.2) is 54.6 Å². The monoisotopic (exact) mass is 295 g/mol. The van der Waals surface area contributed by atoms with Gasteiger partial charge in [-0.2, -0.15) is 0 Å². The summed E-state index contributed by atoms with van der Waals surface area (Å²) in [5.41, 5.74) is 3.26. The standard InChI is InChI=1S/C18H21N3O/c1-15-7-9-16(10-8-15)19-18(22)21-13-11-20(12-14-21)17-5-3-2-4-6-17/h2-10H,11-14H2,1H3,(H,19,22). The molecule has 4 heteroatoms. The summed E-state index contributed by atoms with van der Waals surface area (Å²) in [7, 11) is 0. The van der Waals surface area contributed by atoms with Gasteiger partial charge >= 0.3 is 6.03 Å². The van der Waals surface area contributed by atoms with Crippen molar-refractivity contribution in [2.45, 2.75) is 6.92 Å². The number of hydrogen-bond acceptors (Lipinski definition) is 2. The van der Waals surface area contributed by atoms with Crippen LogP contribution in [-0.2, 0) is 0 Å². The SMILES string of the molecule is Cc1ccc(NC(=O)N2CCN(c3ccccc3)CC2)cc1. The van der Waals surface area contributed by atoms with Crippen LogP contribution >= 0.6 is 0 Å². The van der Waals surface area contributed by atoms with Crippen LogP contribution in [0.2, 0.25) is 0 Å². The number of piperazine rings is 1. The second-order valence-corrected chi connectivity index (χ2v) is 5.61. The Morgan fingerprint density at radius 3 is 2.18 bits per heavy atom. The van der Waals surface area contributed by atoms with Gasteiger partial charge in [-0.15, -0.1) is 0 Å². The maximum Gasteiger partial charge on any atom is 0.321 e. The maximum atomic E-state index is 12.3. The molecule has 0 spiro atoms. The number of nitrogens with one attached hydrogen (secondary N) is 1. The predicted molar refractivity (Wildman–Crippen MR) is 90.4 cm³/mol. The van der Waals surface area contributed by atoms with Crippen LogP contribution < -0.4 is 10.2 Å². The normalized spacial score (nSPS) is 14.8. The van der Waals surface area contributed by atoms with Gasteiger partial charge in [-0.25, -0.2) is 4.79 Å². The summed E-state index contributed by atoms with van der Waals surface area (Å²) in [6.07, 6.45) is 0. The van der Waals surface area contributed by atoms with Crippen molar-refractivity contribution in [2.24, 2.45) is 0 Å². The molecule has 1 aliphatic rings. The first kappa shape index (κ1) is 14.4. The Balaban J connectivity index is 1.54. The summed E-state index contributed by atoms with van der Waals surface area (Å²) in [6.45, 7) is 5.25. The molecule has 0 radical (unpaired) electrons. The molecule has 0 aliphatic carbocycles. The quantitative estimate of drug-likeness (QED) is 0.922. The van der Waals surface area contributed by atoms with E-state index in [1.807, 2.05) is 54.3 Å². The van der Waals surface area contributed by atoms with Gasteiger partial charge < -0.3 is 15.1 Å². The summed E-state index contributed by atoms with van der Waals surface area (Å²) in [5, 5.41) is 2.96. The smallest absolute Gasteiger partial charge is 0.321 e. The van der Waals surface area contributed by atoms with E-state index in [9.17, 15) is 4.79 Å². The highest BCUT2D eigenvalue weighted by Gasteiger charge is 2.21. The van der Waals surface area contributed by atoms with Crippen LogP contribution in [0.1, 0.15) is 5.56 Å². The molecule has 1 saturated heterocycles. The number of urea groups is 1. The van der Waals surface area contributed by atoms with E-state index in [1.54, 1.807) is 0 Å². The van der Waals surface area contributed by atoms with Gasteiger partial charge in [0.1, 0.15) is 0 Å². The van der Waals surface area contributed by atoms with Crippen molar-refractivity contribution in [2.75, 3.05) is 36.4 Å². The fourth-order valence-corrected chi connectivity index (χ4v) is 2.65. The molecule has 114 valence electrons. The minimum absolute atomic E-state index is 0.0171. The zero-order chi connectivity index (χ0) is 15.4. The topological polar surface area (TPSA) is 35.6 Å². The molecule has 1 heterocycles. The number of rotatable bonds is 2. The van der Waals surface area contributed by atoms with Gasteiger partial charge in [0, 0.05) is 37.6 Å². The minimum atomic E-state index is -0.0171. The highest BCUT2D eigenvalue weighted by Crippen LogP contribution is 2.16. The molecule has 1 aliphatic heterocycles. The molecule has 22 heavy (non-hydrogen) atoms. The third kappa shape index (κ3) is 3.39. The molecule has 0 bridgehead atoms. The van der Waals surface area contributed by atoms with Crippen LogP contribution in [0.25, 0.3) is 0 Å². The van der Waals surface area contributed by atoms with Crippen LogP contribution in [0.3, 0.4) is 0 Å². The number of amides is 2. The Hall–Kier alpha value is -2.49. The van der Waals surface area contributed by atoms with E-state index in [0.717, 1.165) is 31.9 Å². The van der Waals surface area contributed by atoms with Crippen molar-refractivity contribution < 1.29 is 4.79 Å². The summed E-state index contributed by atoms with van der Waals surface area (Å²) >= 11 is 0. The summed E-state index contributed by atoms with van der Waals surface area (Å²) in [6, 6.07) is 18.2. The van der Waals surface area contributed by atoms with Gasteiger partial charge in [-0.05, 0) is 31.2 Å². The van der Waals surface area contributed by atoms with E-state index in [1.165, 1.54) is 11.3 Å². The lowest BCUT2D eigenvalue weighted by Gasteiger charge is -2.36. The van der Waals surface area contributed by atoms with E-state index in [2.05, 4.69) is 22.3 Å². The zero-order valence-corrected chi connectivity index (χ0v) is 12.8.